The number of carbonyl (C=O) groups excluding carboxylic acids is 2. The van der Waals surface area contributed by atoms with Crippen molar-refractivity contribution in [3.63, 3.8) is 0 Å². The molecule has 0 N–H and O–H groups in total. The van der Waals surface area contributed by atoms with Gasteiger partial charge in [0.15, 0.2) is 0 Å². The fourth-order valence-corrected chi connectivity index (χ4v) is 4.11. The van der Waals surface area contributed by atoms with Gasteiger partial charge in [0.25, 0.3) is 5.91 Å². The summed E-state index contributed by atoms with van der Waals surface area (Å²) in [5.41, 5.74) is 4.07. The molecule has 5 nitrogen and oxygen atoms in total. The summed E-state index contributed by atoms with van der Waals surface area (Å²) in [6.45, 7) is 7.48. The molecule has 1 aliphatic rings. The van der Waals surface area contributed by atoms with E-state index in [1.54, 1.807) is 4.90 Å². The highest BCUT2D eigenvalue weighted by Gasteiger charge is 2.35. The molecule has 0 radical (unpaired) electrons. The van der Waals surface area contributed by atoms with Gasteiger partial charge in [0, 0.05) is 36.1 Å². The van der Waals surface area contributed by atoms with Crippen LogP contribution in [0.3, 0.4) is 0 Å². The zero-order valence-electron chi connectivity index (χ0n) is 19.8. The third-order valence-corrected chi connectivity index (χ3v) is 6.25. The van der Waals surface area contributed by atoms with Gasteiger partial charge in [-0.25, -0.2) is 0 Å². The number of hydrogen-bond acceptors (Lipinski definition) is 2. The van der Waals surface area contributed by atoms with Crippen molar-refractivity contribution in [3.05, 3.63) is 95.3 Å². The molecule has 3 aromatic rings. The monoisotopic (exact) mass is 443 g/mol. The number of hydrogen-bond donors (Lipinski definition) is 0. The molecule has 1 fully saturated rings. The Morgan fingerprint density at radius 3 is 2.30 bits per heavy atom. The van der Waals surface area contributed by atoms with Crippen molar-refractivity contribution in [2.75, 3.05) is 6.54 Å². The Balaban J connectivity index is 1.48. The van der Waals surface area contributed by atoms with Crippen LogP contribution in [0.5, 0.6) is 0 Å². The fourth-order valence-electron chi connectivity index (χ4n) is 4.11. The molecule has 5 heteroatoms. The number of aryl methyl sites for hydroxylation is 1. The zero-order chi connectivity index (χ0) is 23.4. The van der Waals surface area contributed by atoms with E-state index in [1.165, 1.54) is 5.56 Å². The largest absolute Gasteiger partial charge is 0.345 e. The second-order valence-corrected chi connectivity index (χ2v) is 9.26. The predicted octanol–water partition coefficient (Wildman–Crippen LogP) is 4.89. The maximum absolute atomic E-state index is 13.4. The summed E-state index contributed by atoms with van der Waals surface area (Å²) >= 11 is 0. The van der Waals surface area contributed by atoms with Crippen LogP contribution in [0.25, 0.3) is 0 Å². The van der Waals surface area contributed by atoms with Gasteiger partial charge in [0.1, 0.15) is 6.54 Å². The molecule has 0 spiro atoms. The molecule has 0 atom stereocenters. The smallest absolute Gasteiger partial charge is 0.254 e. The van der Waals surface area contributed by atoms with E-state index in [0.717, 1.165) is 30.6 Å². The maximum Gasteiger partial charge on any atom is 0.254 e. The highest BCUT2D eigenvalue weighted by molar-refractivity contribution is 5.97. The first-order chi connectivity index (χ1) is 15.9. The molecule has 1 heterocycles. The summed E-state index contributed by atoms with van der Waals surface area (Å²) in [4.78, 5) is 30.3. The minimum Gasteiger partial charge on any atom is -0.345 e. The van der Waals surface area contributed by atoms with Gasteiger partial charge >= 0.3 is 0 Å². The standard InChI is InChI=1S/C28H33N3O2/c1-21(2)30(19-26-10-7-17-29(26)18-23-8-5-4-6-9-23)27(32)20-31(25-15-16-25)28(33)24-13-11-22(3)12-14-24/h4-14,17,21,25H,15-16,18-20H2,1-3H3. The Hall–Kier alpha value is -3.34. The van der Waals surface area contributed by atoms with E-state index in [4.69, 9.17) is 0 Å². The molecule has 0 unspecified atom stereocenters. The Morgan fingerprint density at radius 1 is 0.970 bits per heavy atom. The first kappa shape index (κ1) is 22.8. The highest BCUT2D eigenvalue weighted by Crippen LogP contribution is 2.28. The van der Waals surface area contributed by atoms with Crippen molar-refractivity contribution in [3.8, 4) is 0 Å². The molecule has 4 rings (SSSR count). The van der Waals surface area contributed by atoms with Crippen molar-refractivity contribution in [1.82, 2.24) is 14.4 Å². The molecule has 0 aliphatic heterocycles. The summed E-state index contributed by atoms with van der Waals surface area (Å²) in [5, 5.41) is 0. The highest BCUT2D eigenvalue weighted by atomic mass is 16.2. The third-order valence-electron chi connectivity index (χ3n) is 6.25. The van der Waals surface area contributed by atoms with Crippen molar-refractivity contribution in [1.29, 1.82) is 0 Å². The van der Waals surface area contributed by atoms with Crippen LogP contribution < -0.4 is 0 Å². The molecule has 2 aromatic carbocycles. The number of aromatic nitrogens is 1. The zero-order valence-corrected chi connectivity index (χ0v) is 19.8. The van der Waals surface area contributed by atoms with Crippen molar-refractivity contribution < 1.29 is 9.59 Å². The number of carbonyl (C=O) groups is 2. The van der Waals surface area contributed by atoms with Gasteiger partial charge in [-0.2, -0.15) is 0 Å². The SMILES string of the molecule is Cc1ccc(C(=O)N(CC(=O)N(Cc2cccn2Cc2ccccc2)C(C)C)C2CC2)cc1. The molecule has 0 saturated heterocycles. The minimum atomic E-state index is -0.0537. The molecule has 0 bridgehead atoms. The lowest BCUT2D eigenvalue weighted by Gasteiger charge is -2.31. The Morgan fingerprint density at radius 2 is 1.67 bits per heavy atom. The lowest BCUT2D eigenvalue weighted by molar-refractivity contribution is -0.134. The second kappa shape index (κ2) is 10.1. The minimum absolute atomic E-state index is 0.00942. The summed E-state index contributed by atoms with van der Waals surface area (Å²) in [6, 6.07) is 22.2. The second-order valence-electron chi connectivity index (χ2n) is 9.26. The molecule has 33 heavy (non-hydrogen) atoms. The summed E-state index contributed by atoms with van der Waals surface area (Å²) < 4.78 is 2.19. The van der Waals surface area contributed by atoms with Crippen LogP contribution in [0.2, 0.25) is 0 Å². The molecule has 172 valence electrons. The Kier molecular flexibility index (Phi) is 6.97. The Bertz CT molecular complexity index is 1080. The van der Waals surface area contributed by atoms with Gasteiger partial charge in [-0.3, -0.25) is 9.59 Å². The van der Waals surface area contributed by atoms with Gasteiger partial charge < -0.3 is 14.4 Å². The van der Waals surface area contributed by atoms with Crippen LogP contribution in [-0.2, 0) is 17.9 Å². The normalized spacial score (nSPS) is 13.2. The van der Waals surface area contributed by atoms with E-state index in [1.807, 2.05) is 74.2 Å². The molecule has 1 saturated carbocycles. The van der Waals surface area contributed by atoms with Crippen molar-refractivity contribution >= 4 is 11.8 Å². The molecule has 1 aromatic heterocycles. The van der Waals surface area contributed by atoms with E-state index in [0.29, 0.717) is 12.1 Å². The van der Waals surface area contributed by atoms with Gasteiger partial charge in [0.05, 0.1) is 6.54 Å². The van der Waals surface area contributed by atoms with E-state index < -0.39 is 0 Å². The third kappa shape index (κ3) is 5.72. The van der Waals surface area contributed by atoms with Gasteiger partial charge in [-0.15, -0.1) is 0 Å². The summed E-state index contributed by atoms with van der Waals surface area (Å²) in [7, 11) is 0. The average Bonchev–Trinajstić information content (AvgIpc) is 3.56. The fraction of sp³-hybridized carbons (Fsp3) is 0.357. The number of nitrogens with zero attached hydrogens (tertiary/aromatic N) is 3. The topological polar surface area (TPSA) is 45.6 Å². The van der Waals surface area contributed by atoms with E-state index in [2.05, 4.69) is 29.0 Å². The van der Waals surface area contributed by atoms with Gasteiger partial charge in [-0.1, -0.05) is 48.0 Å². The summed E-state index contributed by atoms with van der Waals surface area (Å²) in [6.07, 6.45) is 3.99. The number of benzene rings is 2. The first-order valence-corrected chi connectivity index (χ1v) is 11.8. The molecular formula is C28H33N3O2. The quantitative estimate of drug-likeness (QED) is 0.473. The lowest BCUT2D eigenvalue weighted by atomic mass is 10.1. The predicted molar refractivity (Wildman–Crippen MR) is 131 cm³/mol. The van der Waals surface area contributed by atoms with Crippen LogP contribution in [0, 0.1) is 6.92 Å². The van der Waals surface area contributed by atoms with Crippen LogP contribution in [0.15, 0.2) is 72.9 Å². The van der Waals surface area contributed by atoms with Gasteiger partial charge in [0.2, 0.25) is 5.91 Å². The van der Waals surface area contributed by atoms with E-state index >= 15 is 0 Å². The lowest BCUT2D eigenvalue weighted by Crippen LogP contribution is -2.46. The average molecular weight is 444 g/mol. The van der Waals surface area contributed by atoms with Crippen molar-refractivity contribution in [2.45, 2.75) is 58.8 Å². The number of amides is 2. The van der Waals surface area contributed by atoms with Crippen LogP contribution in [0.1, 0.15) is 53.9 Å². The van der Waals surface area contributed by atoms with Crippen LogP contribution >= 0.6 is 0 Å². The molecule has 2 amide bonds. The molecule has 1 aliphatic carbocycles. The van der Waals surface area contributed by atoms with E-state index in [9.17, 15) is 9.59 Å². The van der Waals surface area contributed by atoms with Gasteiger partial charge in [-0.05, 0) is 63.4 Å². The summed E-state index contributed by atoms with van der Waals surface area (Å²) in [5.74, 6) is -0.0631. The maximum atomic E-state index is 13.4. The van der Waals surface area contributed by atoms with E-state index in [-0.39, 0.29) is 30.4 Å². The number of rotatable bonds is 9. The van der Waals surface area contributed by atoms with Crippen LogP contribution in [-0.4, -0.2) is 44.8 Å². The van der Waals surface area contributed by atoms with Crippen LogP contribution in [0.4, 0.5) is 0 Å². The Labute approximate surface area is 196 Å². The molecular weight excluding hydrogens is 410 g/mol. The first-order valence-electron chi connectivity index (χ1n) is 11.8. The van der Waals surface area contributed by atoms with Crippen molar-refractivity contribution in [2.24, 2.45) is 0 Å².